The van der Waals surface area contributed by atoms with Crippen molar-refractivity contribution in [2.24, 2.45) is 0 Å². The monoisotopic (exact) mass is 260 g/mol. The maximum atomic E-state index is 12.1. The Morgan fingerprint density at radius 3 is 2.17 bits per heavy atom. The zero-order chi connectivity index (χ0) is 12.7. The van der Waals surface area contributed by atoms with E-state index in [-0.39, 0.29) is 24.6 Å². The number of ether oxygens (including phenoxy) is 2. The molecular formula is C13H18LiO3P. The molecule has 0 spiro atoms. The molecule has 0 fully saturated rings. The van der Waals surface area contributed by atoms with Gasteiger partial charge in [0.1, 0.15) is 17.1 Å². The minimum atomic E-state index is 0. The first-order valence-corrected chi connectivity index (χ1v) is 6.34. The minimum Gasteiger partial charge on any atom is -0.558 e. The zero-order valence-corrected chi connectivity index (χ0v) is 12.3. The fourth-order valence-corrected chi connectivity index (χ4v) is 1.91. The summed E-state index contributed by atoms with van der Waals surface area (Å²) in [4.78, 5) is 12.1. The molecule has 94 valence electrons. The number of hydrogen-bond donors (Lipinski definition) is 0. The van der Waals surface area contributed by atoms with Crippen molar-refractivity contribution < 1.29 is 33.1 Å². The van der Waals surface area contributed by atoms with E-state index in [0.717, 1.165) is 19.0 Å². The summed E-state index contributed by atoms with van der Waals surface area (Å²) in [5.74, 6) is 1.22. The molecule has 0 aliphatic heterocycles. The van der Waals surface area contributed by atoms with E-state index >= 15 is 0 Å². The number of hydrogen-bond acceptors (Lipinski definition) is 3. The Labute approximate surface area is 123 Å². The molecule has 0 unspecified atom stereocenters. The summed E-state index contributed by atoms with van der Waals surface area (Å²) < 4.78 is 10.4. The third kappa shape index (κ3) is 4.65. The Kier molecular flexibility index (Phi) is 9.19. The third-order valence-electron chi connectivity index (χ3n) is 2.54. The molecule has 18 heavy (non-hydrogen) atoms. The summed E-state index contributed by atoms with van der Waals surface area (Å²) in [7, 11) is 6.52. The van der Waals surface area contributed by atoms with Gasteiger partial charge < -0.3 is 18.7 Å². The summed E-state index contributed by atoms with van der Waals surface area (Å²) in [6, 6.07) is 5.37. The van der Waals surface area contributed by atoms with Crippen LogP contribution in [-0.4, -0.2) is 26.2 Å². The molecule has 1 aromatic carbocycles. The van der Waals surface area contributed by atoms with Crippen LogP contribution < -0.4 is 28.3 Å². The fraction of sp³-hybridized carbons (Fsp3) is 0.462. The molecule has 1 aromatic rings. The number of Topliss-reactive ketones (excluding diaryl/α,β-unsaturated/α-hetero) is 1. The Morgan fingerprint density at radius 1 is 1.17 bits per heavy atom. The van der Waals surface area contributed by atoms with Gasteiger partial charge in [0.25, 0.3) is 0 Å². The summed E-state index contributed by atoms with van der Waals surface area (Å²) in [6.07, 6.45) is 3.28. The van der Waals surface area contributed by atoms with Crippen LogP contribution >= 0.6 is 9.24 Å². The molecule has 0 bridgehead atoms. The Balaban J connectivity index is 0.00000289. The van der Waals surface area contributed by atoms with Gasteiger partial charge in [0, 0.05) is 6.42 Å². The second-order valence-corrected chi connectivity index (χ2v) is 4.17. The van der Waals surface area contributed by atoms with Crippen LogP contribution in [0.4, 0.5) is 0 Å². The number of rotatable bonds is 7. The van der Waals surface area contributed by atoms with Gasteiger partial charge in [-0.05, 0) is 18.6 Å². The number of carbonyl (C=O) groups is 1. The molecule has 5 heteroatoms. The van der Waals surface area contributed by atoms with Crippen LogP contribution in [0.15, 0.2) is 18.2 Å². The molecule has 0 radical (unpaired) electrons. The van der Waals surface area contributed by atoms with Gasteiger partial charge in [0.15, 0.2) is 5.78 Å². The molecule has 0 saturated carbocycles. The van der Waals surface area contributed by atoms with Crippen molar-refractivity contribution in [3.63, 3.8) is 0 Å². The predicted molar refractivity (Wildman–Crippen MR) is 70.9 cm³/mol. The molecule has 0 atom stereocenters. The Hall–Kier alpha value is -0.483. The number of unbranched alkanes of at least 4 members (excludes halogenated alkanes) is 1. The van der Waals surface area contributed by atoms with Crippen LogP contribution in [0, 0.1) is 0 Å². The molecule has 0 aliphatic rings. The summed E-state index contributed by atoms with van der Waals surface area (Å²) >= 11 is 0. The number of benzene rings is 1. The SMILES string of the molecule is COc1cccc(OC)c1C(=O)CCCC[PH-].[Li+]. The van der Waals surface area contributed by atoms with E-state index in [1.54, 1.807) is 26.4 Å². The van der Waals surface area contributed by atoms with Crippen LogP contribution in [0.1, 0.15) is 29.6 Å². The second-order valence-electron chi connectivity index (χ2n) is 3.67. The van der Waals surface area contributed by atoms with Crippen molar-refractivity contribution in [1.29, 1.82) is 0 Å². The molecule has 0 aromatic heterocycles. The normalized spacial score (nSPS) is 9.50. The largest absolute Gasteiger partial charge is 1.00 e. The van der Waals surface area contributed by atoms with Gasteiger partial charge in [0.05, 0.1) is 14.2 Å². The van der Waals surface area contributed by atoms with E-state index in [1.165, 1.54) is 0 Å². The third-order valence-corrected chi connectivity index (χ3v) is 2.89. The van der Waals surface area contributed by atoms with Gasteiger partial charge >= 0.3 is 18.9 Å². The zero-order valence-electron chi connectivity index (χ0n) is 11.3. The standard InChI is InChI=1S/C13H18O3P.Li/c1-15-11-7-5-8-12(16-2)13(11)10(14)6-3-4-9-17;/h5,7-8,17H,3-4,6,9H2,1-2H3;/q-1;+1. The molecule has 0 heterocycles. The van der Waals surface area contributed by atoms with Crippen molar-refractivity contribution in [2.45, 2.75) is 19.3 Å². The molecule has 1 rings (SSSR count). The minimum absolute atomic E-state index is 0. The van der Waals surface area contributed by atoms with E-state index < -0.39 is 0 Å². The van der Waals surface area contributed by atoms with E-state index in [9.17, 15) is 4.79 Å². The van der Waals surface area contributed by atoms with Gasteiger partial charge in [-0.2, -0.15) is 6.16 Å². The topological polar surface area (TPSA) is 35.5 Å². The molecule has 0 aliphatic carbocycles. The van der Waals surface area contributed by atoms with Gasteiger partial charge in [-0.15, -0.1) is 0 Å². The van der Waals surface area contributed by atoms with Crippen molar-refractivity contribution >= 4 is 15.0 Å². The number of ketones is 1. The van der Waals surface area contributed by atoms with Crippen molar-refractivity contribution in [3.8, 4) is 11.5 Å². The first-order valence-electron chi connectivity index (χ1n) is 5.63. The van der Waals surface area contributed by atoms with Gasteiger partial charge in [-0.1, -0.05) is 12.5 Å². The van der Waals surface area contributed by atoms with Crippen molar-refractivity contribution in [3.05, 3.63) is 23.8 Å². The van der Waals surface area contributed by atoms with Crippen molar-refractivity contribution in [1.82, 2.24) is 0 Å². The first-order chi connectivity index (χ1) is 8.24. The van der Waals surface area contributed by atoms with Crippen LogP contribution in [0.5, 0.6) is 11.5 Å². The molecule has 0 N–H and O–H groups in total. The van der Waals surface area contributed by atoms with Crippen LogP contribution in [-0.2, 0) is 0 Å². The molecule has 0 amide bonds. The maximum absolute atomic E-state index is 12.1. The van der Waals surface area contributed by atoms with Crippen molar-refractivity contribution in [2.75, 3.05) is 20.4 Å². The Morgan fingerprint density at radius 2 is 1.72 bits per heavy atom. The van der Waals surface area contributed by atoms with Crippen LogP contribution in [0.3, 0.4) is 0 Å². The van der Waals surface area contributed by atoms with Crippen LogP contribution in [0.2, 0.25) is 0 Å². The number of methoxy groups -OCH3 is 2. The Bertz CT molecular complexity index is 360. The summed E-state index contributed by atoms with van der Waals surface area (Å²) in [5.41, 5.74) is 0.548. The number of carbonyl (C=O) groups excluding carboxylic acids is 1. The predicted octanol–water partition coefficient (Wildman–Crippen LogP) is 0.204. The molecular weight excluding hydrogens is 242 g/mol. The summed E-state index contributed by atoms with van der Waals surface area (Å²) in [6.45, 7) is 0. The molecule has 3 nitrogen and oxygen atoms in total. The van der Waals surface area contributed by atoms with Gasteiger partial charge in [0.2, 0.25) is 0 Å². The van der Waals surface area contributed by atoms with Crippen LogP contribution in [0.25, 0.3) is 0 Å². The fourth-order valence-electron chi connectivity index (χ4n) is 1.66. The van der Waals surface area contributed by atoms with E-state index in [1.807, 2.05) is 6.07 Å². The average Bonchev–Trinajstić information content (AvgIpc) is 2.37. The van der Waals surface area contributed by atoms with E-state index in [4.69, 9.17) is 9.47 Å². The first kappa shape index (κ1) is 17.5. The quantitative estimate of drug-likeness (QED) is 0.304. The molecule has 0 saturated heterocycles. The second kappa shape index (κ2) is 9.45. The maximum Gasteiger partial charge on any atom is 1.00 e. The van der Waals surface area contributed by atoms with Gasteiger partial charge in [-0.25, -0.2) is 0 Å². The van der Waals surface area contributed by atoms with E-state index in [0.29, 0.717) is 23.5 Å². The van der Waals surface area contributed by atoms with Gasteiger partial charge in [-0.3, -0.25) is 4.79 Å². The average molecular weight is 260 g/mol. The van der Waals surface area contributed by atoms with E-state index in [2.05, 4.69) is 9.24 Å². The summed E-state index contributed by atoms with van der Waals surface area (Å²) in [5, 5.41) is 0. The smallest absolute Gasteiger partial charge is 0.558 e.